The first-order valence-corrected chi connectivity index (χ1v) is 16.4. The van der Waals surface area contributed by atoms with Crippen molar-refractivity contribution >= 4 is 13.8 Å². The topological polar surface area (TPSA) is 207 Å². The smallest absolute Gasteiger partial charge is 0.493 e. The van der Waals surface area contributed by atoms with Gasteiger partial charge in [0, 0.05) is 11.8 Å². The fourth-order valence-corrected chi connectivity index (χ4v) is 7.62. The largest absolute Gasteiger partial charge is 0.525 e. The Kier molecular flexibility index (Phi) is 8.10. The molecule has 0 bridgehead atoms. The fourth-order valence-electron chi connectivity index (χ4n) is 7.20. The van der Waals surface area contributed by atoms with E-state index in [1.807, 2.05) is 0 Å². The average molecular weight is 683 g/mol. The molecule has 17 heteroatoms. The van der Waals surface area contributed by atoms with Crippen LogP contribution in [0.3, 0.4) is 0 Å². The van der Waals surface area contributed by atoms with Gasteiger partial charge in [0.15, 0.2) is 35.6 Å². The Balaban J connectivity index is 1.33. The minimum absolute atomic E-state index is 0.0335. The molecule has 4 heterocycles. The Morgan fingerprint density at radius 2 is 1.62 bits per heavy atom. The van der Waals surface area contributed by atoms with Gasteiger partial charge in [0.25, 0.3) is 0 Å². The van der Waals surface area contributed by atoms with Gasteiger partial charge in [-0.15, -0.1) is 0 Å². The molecular weight excluding hydrogens is 647 g/mol. The van der Waals surface area contributed by atoms with Crippen molar-refractivity contribution in [2.45, 2.75) is 62.4 Å². The minimum atomic E-state index is -5.01. The van der Waals surface area contributed by atoms with Gasteiger partial charge in [-0.25, -0.2) is 4.57 Å². The quantitative estimate of drug-likeness (QED) is 0.241. The summed E-state index contributed by atoms with van der Waals surface area (Å²) in [6, 6.07) is 6.48. The number of carbonyl (C=O) groups is 1. The Labute approximate surface area is 268 Å². The maximum atomic E-state index is 13.5. The Morgan fingerprint density at radius 3 is 2.26 bits per heavy atom. The van der Waals surface area contributed by atoms with Crippen molar-refractivity contribution in [2.75, 3.05) is 34.2 Å². The summed E-state index contributed by atoms with van der Waals surface area (Å²) in [5, 5.41) is 22.3. The van der Waals surface area contributed by atoms with Gasteiger partial charge in [0.1, 0.15) is 23.9 Å². The average Bonchev–Trinajstić information content (AvgIpc) is 3.65. The first-order chi connectivity index (χ1) is 22.3. The number of esters is 1. The number of phosphoric acid groups is 1. The highest BCUT2D eigenvalue weighted by Crippen LogP contribution is 2.58. The van der Waals surface area contributed by atoms with Crippen molar-refractivity contribution in [3.63, 3.8) is 0 Å². The lowest BCUT2D eigenvalue weighted by atomic mass is 9.66. The van der Waals surface area contributed by atoms with Crippen LogP contribution in [0.2, 0.25) is 0 Å². The molecule has 0 amide bonds. The van der Waals surface area contributed by atoms with Gasteiger partial charge in [0.05, 0.1) is 39.5 Å². The molecule has 7 rings (SSSR count). The first-order valence-electron chi connectivity index (χ1n) is 14.9. The van der Waals surface area contributed by atoms with Gasteiger partial charge in [0.2, 0.25) is 12.5 Å². The first kappa shape index (κ1) is 32.4. The number of carbonyl (C=O) groups excluding carboxylic acids is 1. The molecule has 0 spiro atoms. The molecule has 2 aromatic rings. The van der Waals surface area contributed by atoms with Gasteiger partial charge in [-0.05, 0) is 54.8 Å². The summed E-state index contributed by atoms with van der Waals surface area (Å²) in [7, 11) is -2.41. The fraction of sp³-hybridized carbons (Fsp3) is 0.567. The molecule has 0 radical (unpaired) electrons. The van der Waals surface area contributed by atoms with Gasteiger partial charge in [-0.3, -0.25) is 14.6 Å². The molecule has 0 unspecified atom stereocenters. The number of rotatable bonds is 7. The van der Waals surface area contributed by atoms with E-state index >= 15 is 0 Å². The zero-order valence-electron chi connectivity index (χ0n) is 25.8. The lowest BCUT2D eigenvalue weighted by Crippen LogP contribution is -2.69. The summed E-state index contributed by atoms with van der Waals surface area (Å²) in [6.07, 6.45) is -6.63. The molecule has 4 aliphatic heterocycles. The van der Waals surface area contributed by atoms with Crippen LogP contribution in [0.5, 0.6) is 28.7 Å². The van der Waals surface area contributed by atoms with E-state index in [-0.39, 0.29) is 37.3 Å². The van der Waals surface area contributed by atoms with E-state index in [1.54, 1.807) is 26.0 Å². The van der Waals surface area contributed by atoms with E-state index in [4.69, 9.17) is 47.2 Å². The summed E-state index contributed by atoms with van der Waals surface area (Å²) in [4.78, 5) is 32.6. The lowest BCUT2D eigenvalue weighted by molar-refractivity contribution is -0.394. The number of hydrogen-bond donors (Lipinski definition) is 4. The molecule has 10 atom stereocenters. The Morgan fingerprint density at radius 1 is 0.957 bits per heavy atom. The third-order valence-electron chi connectivity index (χ3n) is 9.32. The molecular formula is C30H35O16P. The number of cyclic esters (lactones) is 1. The summed E-state index contributed by atoms with van der Waals surface area (Å²) in [5.74, 6) is -2.29. The van der Waals surface area contributed by atoms with Gasteiger partial charge >= 0.3 is 13.8 Å². The van der Waals surface area contributed by atoms with E-state index in [0.717, 1.165) is 0 Å². The molecule has 1 aliphatic carbocycles. The normalized spacial score (nSPS) is 35.7. The second-order valence-electron chi connectivity index (χ2n) is 12.2. The molecule has 5 aliphatic rings. The van der Waals surface area contributed by atoms with Crippen LogP contribution in [0.4, 0.5) is 0 Å². The number of phosphoric ester groups is 1. The summed E-state index contributed by atoms with van der Waals surface area (Å²) in [6.45, 7) is 3.38. The van der Waals surface area contributed by atoms with E-state index in [2.05, 4.69) is 0 Å². The van der Waals surface area contributed by atoms with Gasteiger partial charge in [-0.1, -0.05) is 0 Å². The van der Waals surface area contributed by atoms with Crippen molar-refractivity contribution < 1.29 is 76.5 Å². The zero-order valence-corrected chi connectivity index (χ0v) is 26.7. The number of methoxy groups -OCH3 is 2. The second kappa shape index (κ2) is 11.8. The minimum Gasteiger partial charge on any atom is -0.493 e. The maximum Gasteiger partial charge on any atom is 0.525 e. The third-order valence-corrected chi connectivity index (χ3v) is 9.74. The Hall–Kier alpha value is -3.18. The highest BCUT2D eigenvalue weighted by atomic mass is 31.2. The van der Waals surface area contributed by atoms with E-state index in [0.29, 0.717) is 28.2 Å². The highest BCUT2D eigenvalue weighted by molar-refractivity contribution is 7.46. The van der Waals surface area contributed by atoms with Crippen LogP contribution in [-0.2, 0) is 33.0 Å². The van der Waals surface area contributed by atoms with Crippen LogP contribution in [0.25, 0.3) is 0 Å². The zero-order chi connectivity index (χ0) is 33.4. The van der Waals surface area contributed by atoms with E-state index in [9.17, 15) is 29.4 Å². The predicted molar refractivity (Wildman–Crippen MR) is 154 cm³/mol. The molecule has 0 aromatic heterocycles. The number of fused-ring (bicyclic) bond motifs is 4. The molecule has 256 valence electrons. The van der Waals surface area contributed by atoms with E-state index < -0.39 is 74.1 Å². The number of benzene rings is 2. The van der Waals surface area contributed by atoms with Gasteiger partial charge < -0.3 is 57.4 Å². The van der Waals surface area contributed by atoms with Crippen molar-refractivity contribution in [3.05, 3.63) is 41.0 Å². The molecule has 2 aromatic carbocycles. The van der Waals surface area contributed by atoms with E-state index in [1.165, 1.54) is 26.4 Å². The van der Waals surface area contributed by atoms with Crippen LogP contribution in [-0.4, -0.2) is 96.7 Å². The van der Waals surface area contributed by atoms with Crippen LogP contribution >= 0.6 is 7.82 Å². The molecule has 3 saturated heterocycles. The number of aliphatic hydroxyl groups excluding tert-OH is 2. The summed E-state index contributed by atoms with van der Waals surface area (Å²) >= 11 is 0. The summed E-state index contributed by atoms with van der Waals surface area (Å²) < 4.78 is 68.7. The predicted octanol–water partition coefficient (Wildman–Crippen LogP) is 1.49. The molecule has 3 fully saturated rings. The highest BCUT2D eigenvalue weighted by Gasteiger charge is 2.58. The van der Waals surface area contributed by atoms with Crippen molar-refractivity contribution in [3.8, 4) is 28.7 Å². The number of ether oxygens (including phenoxy) is 9. The standard InChI is InChI=1S/C30H35O16P/c1-12-40-10-30(2)27(43-12)23(31)24(32)29(45-30)44-25-15-8-18-17(41-11-42-18)7-14(15)21(22-16(25)9-39-28(22)33)13-5-19(37-3)26(20(6-13)38-4)46-47(34,35)36/h5-8,12,16,21-25,27,29,31-32H,9-11H2,1-4H3,(H2,34,35,36)/t12-,16+,21-,22+,23-,24-,25-,27+,29-,30-/m1/s1. The number of aliphatic hydroxyl groups is 2. The maximum absolute atomic E-state index is 13.5. The molecule has 0 saturated carbocycles. The summed E-state index contributed by atoms with van der Waals surface area (Å²) in [5.41, 5.74) is 0.486. The van der Waals surface area contributed by atoms with Crippen LogP contribution in [0.1, 0.15) is 42.6 Å². The van der Waals surface area contributed by atoms with Crippen molar-refractivity contribution in [1.29, 1.82) is 0 Å². The van der Waals surface area contributed by atoms with Gasteiger partial charge in [-0.2, -0.15) is 0 Å². The lowest BCUT2D eigenvalue weighted by Gasteiger charge is -2.52. The SMILES string of the molecule is COc1cc([C@@H]2c3cc4c(cc3[C@@H](O[C@@H]3O[C@]5(C)CO[C@@H](C)O[C@H]5[C@H](O)[C@H]3O)[C@H]3COC(=O)[C@H]23)OCO4)cc(OC)c1OP(=O)(O)O. The molecule has 16 nitrogen and oxygen atoms in total. The Bertz CT molecular complexity index is 1590. The number of hydrogen-bond acceptors (Lipinski definition) is 14. The molecule has 47 heavy (non-hydrogen) atoms. The van der Waals surface area contributed by atoms with Crippen LogP contribution in [0.15, 0.2) is 24.3 Å². The monoisotopic (exact) mass is 682 g/mol. The second-order valence-corrected chi connectivity index (χ2v) is 13.4. The van der Waals surface area contributed by atoms with Crippen molar-refractivity contribution in [2.24, 2.45) is 11.8 Å². The third kappa shape index (κ3) is 5.51. The van der Waals surface area contributed by atoms with Crippen LogP contribution in [0, 0.1) is 11.8 Å². The van der Waals surface area contributed by atoms with Crippen molar-refractivity contribution in [1.82, 2.24) is 0 Å². The van der Waals surface area contributed by atoms with Crippen LogP contribution < -0.4 is 23.5 Å². The molecule has 4 N–H and O–H groups in total.